The highest BCUT2D eigenvalue weighted by atomic mass is 79.9. The smallest absolute Gasteiger partial charge is 0.387 e. The lowest BCUT2D eigenvalue weighted by atomic mass is 10.00. The van der Waals surface area contributed by atoms with Crippen LogP contribution in [0.25, 0.3) is 0 Å². The topological polar surface area (TPSA) is 26.3 Å². The van der Waals surface area contributed by atoms with Crippen molar-refractivity contribution in [1.29, 1.82) is 0 Å². The molecule has 0 spiro atoms. The van der Waals surface area contributed by atoms with E-state index in [0.29, 0.717) is 12.0 Å². The zero-order valence-electron chi connectivity index (χ0n) is 9.54. The Balaban J connectivity index is 3.10. The summed E-state index contributed by atoms with van der Waals surface area (Å²) in [5, 5.41) is 0. The minimum Gasteiger partial charge on any atom is -0.435 e. The first-order chi connectivity index (χ1) is 7.95. The molecule has 94 valence electrons. The van der Waals surface area contributed by atoms with Gasteiger partial charge < -0.3 is 4.74 Å². The van der Waals surface area contributed by atoms with E-state index in [0.717, 1.165) is 5.56 Å². The molecule has 1 aromatic rings. The Morgan fingerprint density at radius 1 is 1.47 bits per heavy atom. The van der Waals surface area contributed by atoms with Gasteiger partial charge in [-0.05, 0) is 31.0 Å². The molecule has 1 aromatic carbocycles. The summed E-state index contributed by atoms with van der Waals surface area (Å²) >= 11 is 3.18. The van der Waals surface area contributed by atoms with Crippen molar-refractivity contribution in [3.8, 4) is 5.75 Å². The van der Waals surface area contributed by atoms with Gasteiger partial charge in [-0.3, -0.25) is 4.79 Å². The molecule has 0 aliphatic carbocycles. The molecule has 17 heavy (non-hydrogen) atoms. The van der Waals surface area contributed by atoms with Gasteiger partial charge >= 0.3 is 6.61 Å². The summed E-state index contributed by atoms with van der Waals surface area (Å²) in [5.41, 5.74) is 1.25. The molecule has 0 aromatic heterocycles. The number of carbonyl (C=O) groups excluding carboxylic acids is 1. The van der Waals surface area contributed by atoms with Crippen molar-refractivity contribution in [3.05, 3.63) is 29.3 Å². The fourth-order valence-electron chi connectivity index (χ4n) is 1.48. The first-order valence-electron chi connectivity index (χ1n) is 5.21. The maximum absolute atomic E-state index is 12.1. The maximum atomic E-state index is 12.1. The number of rotatable bonds is 5. The summed E-state index contributed by atoms with van der Waals surface area (Å²) in [4.78, 5) is 11.5. The number of halogens is 3. The molecule has 0 N–H and O–H groups in total. The Morgan fingerprint density at radius 2 is 2.12 bits per heavy atom. The van der Waals surface area contributed by atoms with E-state index in [2.05, 4.69) is 20.7 Å². The van der Waals surface area contributed by atoms with Crippen molar-refractivity contribution in [2.75, 3.05) is 0 Å². The molecule has 0 saturated heterocycles. The number of hydrogen-bond acceptors (Lipinski definition) is 2. The van der Waals surface area contributed by atoms with Crippen molar-refractivity contribution in [2.45, 2.75) is 31.7 Å². The van der Waals surface area contributed by atoms with Crippen LogP contribution in [0.15, 0.2) is 18.2 Å². The zero-order valence-corrected chi connectivity index (χ0v) is 11.1. The lowest BCUT2D eigenvalue weighted by molar-refractivity contribution is -0.0498. The van der Waals surface area contributed by atoms with Crippen LogP contribution in [0.3, 0.4) is 0 Å². The molecule has 1 rings (SSSR count). The van der Waals surface area contributed by atoms with Gasteiger partial charge in [-0.15, -0.1) is 0 Å². The first kappa shape index (κ1) is 14.1. The van der Waals surface area contributed by atoms with Crippen molar-refractivity contribution < 1.29 is 18.3 Å². The molecule has 5 heteroatoms. The van der Waals surface area contributed by atoms with Crippen LogP contribution in [0, 0.1) is 0 Å². The van der Waals surface area contributed by atoms with E-state index in [1.54, 1.807) is 13.0 Å². The highest BCUT2D eigenvalue weighted by Crippen LogP contribution is 2.23. The average molecular weight is 307 g/mol. The van der Waals surface area contributed by atoms with Crippen molar-refractivity contribution in [3.63, 3.8) is 0 Å². The van der Waals surface area contributed by atoms with Crippen molar-refractivity contribution in [2.24, 2.45) is 0 Å². The standard InChI is InChI=1S/C12H13BrF2O2/c1-3-8-4-5-9(17-12(14)15)6-10(8)11(16)7(2)13/h4-7,12H,3H2,1-2H3. The third kappa shape index (κ3) is 3.77. The van der Waals surface area contributed by atoms with Crippen LogP contribution in [-0.4, -0.2) is 17.2 Å². The van der Waals surface area contributed by atoms with Gasteiger partial charge in [0, 0.05) is 5.56 Å². The molecule has 0 bridgehead atoms. The van der Waals surface area contributed by atoms with Crippen LogP contribution in [0.4, 0.5) is 8.78 Å². The second-order valence-electron chi connectivity index (χ2n) is 3.53. The molecule has 0 fully saturated rings. The molecule has 0 heterocycles. The molecule has 0 amide bonds. The van der Waals surface area contributed by atoms with E-state index < -0.39 is 6.61 Å². The normalized spacial score (nSPS) is 12.6. The summed E-state index contributed by atoms with van der Waals surface area (Å²) in [5.74, 6) is -0.129. The molecule has 2 nitrogen and oxygen atoms in total. The predicted octanol–water partition coefficient (Wildman–Crippen LogP) is 3.82. The Labute approximate surface area is 107 Å². The first-order valence-corrected chi connectivity index (χ1v) is 6.13. The largest absolute Gasteiger partial charge is 0.435 e. The van der Waals surface area contributed by atoms with Gasteiger partial charge in [-0.25, -0.2) is 0 Å². The lowest BCUT2D eigenvalue weighted by Gasteiger charge is -2.11. The number of ether oxygens (including phenoxy) is 1. The van der Waals surface area contributed by atoms with Crippen molar-refractivity contribution in [1.82, 2.24) is 0 Å². The van der Waals surface area contributed by atoms with Crippen molar-refractivity contribution >= 4 is 21.7 Å². The highest BCUT2D eigenvalue weighted by Gasteiger charge is 2.17. The van der Waals surface area contributed by atoms with Gasteiger partial charge in [0.2, 0.25) is 0 Å². The summed E-state index contributed by atoms with van der Waals surface area (Å²) in [7, 11) is 0. The highest BCUT2D eigenvalue weighted by molar-refractivity contribution is 9.10. The summed E-state index contributed by atoms with van der Waals surface area (Å²) in [6.45, 7) is 0.716. The second-order valence-corrected chi connectivity index (χ2v) is 4.90. The molecule has 0 radical (unpaired) electrons. The lowest BCUT2D eigenvalue weighted by Crippen LogP contribution is -2.13. The number of Topliss-reactive ketones (excluding diaryl/α,β-unsaturated/α-hetero) is 1. The van der Waals surface area contributed by atoms with Crippen LogP contribution < -0.4 is 4.74 Å². The van der Waals surface area contributed by atoms with Crippen LogP contribution in [0.1, 0.15) is 29.8 Å². The Morgan fingerprint density at radius 3 is 2.59 bits per heavy atom. The van der Waals surface area contributed by atoms with E-state index in [1.165, 1.54) is 12.1 Å². The predicted molar refractivity (Wildman–Crippen MR) is 65.2 cm³/mol. The Kier molecular flexibility index (Phi) is 5.05. The molecule has 0 saturated carbocycles. The van der Waals surface area contributed by atoms with E-state index in [4.69, 9.17) is 0 Å². The minimum atomic E-state index is -2.88. The number of aryl methyl sites for hydroxylation is 1. The van der Waals surface area contributed by atoms with E-state index in [1.807, 2.05) is 6.92 Å². The number of carbonyl (C=O) groups is 1. The number of benzene rings is 1. The van der Waals surface area contributed by atoms with Gasteiger partial charge in [-0.2, -0.15) is 8.78 Å². The monoisotopic (exact) mass is 306 g/mol. The summed E-state index contributed by atoms with van der Waals surface area (Å²) in [6, 6.07) is 4.45. The average Bonchev–Trinajstić information content (AvgIpc) is 2.27. The molecular weight excluding hydrogens is 294 g/mol. The number of ketones is 1. The number of alkyl halides is 3. The third-order valence-electron chi connectivity index (χ3n) is 2.31. The van der Waals surface area contributed by atoms with E-state index in [-0.39, 0.29) is 16.4 Å². The Bertz CT molecular complexity index is 405. The van der Waals surface area contributed by atoms with Gasteiger partial charge in [0.1, 0.15) is 5.75 Å². The fraction of sp³-hybridized carbons (Fsp3) is 0.417. The molecule has 0 aliphatic rings. The van der Waals surface area contributed by atoms with E-state index in [9.17, 15) is 13.6 Å². The zero-order chi connectivity index (χ0) is 13.0. The SMILES string of the molecule is CCc1ccc(OC(F)F)cc1C(=O)C(C)Br. The molecule has 0 aliphatic heterocycles. The van der Waals surface area contributed by atoms with Gasteiger partial charge in [0.15, 0.2) is 5.78 Å². The van der Waals surface area contributed by atoms with Crippen LogP contribution in [-0.2, 0) is 6.42 Å². The molecule has 1 unspecified atom stereocenters. The van der Waals surface area contributed by atoms with Crippen LogP contribution in [0.2, 0.25) is 0 Å². The summed E-state index contributed by atoms with van der Waals surface area (Å²) < 4.78 is 28.4. The third-order valence-corrected chi connectivity index (χ3v) is 2.73. The molecular formula is C12H13BrF2O2. The van der Waals surface area contributed by atoms with E-state index >= 15 is 0 Å². The fourth-order valence-corrected chi connectivity index (χ4v) is 1.73. The van der Waals surface area contributed by atoms with Crippen LogP contribution in [0.5, 0.6) is 5.75 Å². The van der Waals surface area contributed by atoms with Gasteiger partial charge in [-0.1, -0.05) is 28.9 Å². The van der Waals surface area contributed by atoms with Gasteiger partial charge in [0.25, 0.3) is 0 Å². The minimum absolute atomic E-state index is 0.00806. The second kappa shape index (κ2) is 6.10. The number of hydrogen-bond donors (Lipinski definition) is 0. The Hall–Kier alpha value is -0.970. The quantitative estimate of drug-likeness (QED) is 0.610. The van der Waals surface area contributed by atoms with Gasteiger partial charge in [0.05, 0.1) is 4.83 Å². The van der Waals surface area contributed by atoms with Crippen LogP contribution >= 0.6 is 15.9 Å². The molecule has 1 atom stereocenters. The maximum Gasteiger partial charge on any atom is 0.387 e. The summed E-state index contributed by atoms with van der Waals surface area (Å²) in [6.07, 6.45) is 0.662.